The number of nitrogens with one attached hydrogen (secondary N) is 2. The molecule has 2 aromatic carbocycles. The van der Waals surface area contributed by atoms with Crippen LogP contribution >= 0.6 is 11.6 Å². The van der Waals surface area contributed by atoms with Gasteiger partial charge in [-0.25, -0.2) is 4.39 Å². The molecule has 5 nitrogen and oxygen atoms in total. The number of aryl methyl sites for hydroxylation is 1. The molecule has 2 aromatic heterocycles. The molecular weight excluding hydrogens is 429 g/mol. The molecule has 0 amide bonds. The van der Waals surface area contributed by atoms with Crippen molar-refractivity contribution in [3.63, 3.8) is 0 Å². The summed E-state index contributed by atoms with van der Waals surface area (Å²) in [5, 5.41) is 5.66. The Kier molecular flexibility index (Phi) is 4.92. The number of halogens is 2. The molecule has 7 heteroatoms. The number of hydrogen-bond acceptors (Lipinski definition) is 4. The van der Waals surface area contributed by atoms with Crippen LogP contribution in [0.2, 0.25) is 5.02 Å². The topological polar surface area (TPSA) is 59.2 Å². The lowest BCUT2D eigenvalue weighted by atomic mass is 9.86. The summed E-state index contributed by atoms with van der Waals surface area (Å²) in [5.74, 6) is 1.67. The van der Waals surface area contributed by atoms with E-state index in [1.807, 2.05) is 24.3 Å². The highest BCUT2D eigenvalue weighted by Crippen LogP contribution is 2.38. The van der Waals surface area contributed by atoms with E-state index in [-0.39, 0.29) is 16.9 Å². The maximum atomic E-state index is 14.0. The van der Waals surface area contributed by atoms with Crippen LogP contribution in [0, 0.1) is 11.7 Å². The highest BCUT2D eigenvalue weighted by molar-refractivity contribution is 6.31. The number of aromatic nitrogens is 2. The van der Waals surface area contributed by atoms with E-state index in [4.69, 9.17) is 21.1 Å². The largest absolute Gasteiger partial charge is 0.486 e. The Morgan fingerprint density at radius 3 is 3.06 bits per heavy atom. The van der Waals surface area contributed by atoms with Crippen LogP contribution in [0.15, 0.2) is 42.6 Å². The van der Waals surface area contributed by atoms with Crippen LogP contribution in [0.3, 0.4) is 0 Å². The van der Waals surface area contributed by atoms with Crippen LogP contribution < -0.4 is 14.8 Å². The van der Waals surface area contributed by atoms with Gasteiger partial charge in [-0.1, -0.05) is 11.6 Å². The summed E-state index contributed by atoms with van der Waals surface area (Å²) in [4.78, 5) is 7.82. The lowest BCUT2D eigenvalue weighted by Crippen LogP contribution is -2.40. The van der Waals surface area contributed by atoms with Crippen LogP contribution in [0.25, 0.3) is 21.8 Å². The molecule has 0 saturated carbocycles. The lowest BCUT2D eigenvalue weighted by molar-refractivity contribution is 0.0915. The van der Waals surface area contributed by atoms with Gasteiger partial charge < -0.3 is 19.8 Å². The Labute approximate surface area is 189 Å². The van der Waals surface area contributed by atoms with Crippen molar-refractivity contribution in [2.24, 2.45) is 5.92 Å². The van der Waals surface area contributed by atoms with Crippen molar-refractivity contribution in [3.05, 3.63) is 64.7 Å². The summed E-state index contributed by atoms with van der Waals surface area (Å²) in [6, 6.07) is 11.1. The summed E-state index contributed by atoms with van der Waals surface area (Å²) in [7, 11) is 0. The number of H-pyrrole nitrogens is 1. The predicted octanol–water partition coefficient (Wildman–Crippen LogP) is 5.04. The van der Waals surface area contributed by atoms with E-state index in [2.05, 4.69) is 15.3 Å². The molecule has 4 aromatic rings. The second kappa shape index (κ2) is 7.94. The Bertz CT molecular complexity index is 1320. The number of ether oxygens (including phenoxy) is 2. The monoisotopic (exact) mass is 451 g/mol. The molecule has 0 saturated heterocycles. The average Bonchev–Trinajstić information content (AvgIpc) is 3.16. The number of nitrogens with zero attached hydrogens (tertiary/aromatic N) is 1. The average molecular weight is 452 g/mol. The quantitative estimate of drug-likeness (QED) is 0.456. The van der Waals surface area contributed by atoms with Gasteiger partial charge in [-0.3, -0.25) is 4.98 Å². The van der Waals surface area contributed by atoms with Crippen molar-refractivity contribution in [2.75, 3.05) is 19.7 Å². The number of rotatable bonds is 4. The predicted molar refractivity (Wildman–Crippen MR) is 123 cm³/mol. The SMILES string of the molecule is Fc1cc2c3c([nH]c2cc1Cl)CC[C@@H](CNC[C@H]1COc2ccc4ncccc4c2O1)C3. The smallest absolute Gasteiger partial charge is 0.171 e. The molecule has 0 spiro atoms. The number of fused-ring (bicyclic) bond motifs is 6. The van der Waals surface area contributed by atoms with Gasteiger partial charge in [0.25, 0.3) is 0 Å². The molecule has 0 fully saturated rings. The fourth-order valence-electron chi connectivity index (χ4n) is 4.93. The summed E-state index contributed by atoms with van der Waals surface area (Å²) >= 11 is 5.96. The van der Waals surface area contributed by atoms with Gasteiger partial charge in [-0.15, -0.1) is 0 Å². The summed E-state index contributed by atoms with van der Waals surface area (Å²) < 4.78 is 26.2. The normalized spacial score (nSPS) is 19.9. The van der Waals surface area contributed by atoms with Crippen LogP contribution in [0.1, 0.15) is 17.7 Å². The fraction of sp³-hybridized carbons (Fsp3) is 0.320. The Morgan fingerprint density at radius 2 is 2.12 bits per heavy atom. The van der Waals surface area contributed by atoms with Crippen LogP contribution in [0.4, 0.5) is 4.39 Å². The third kappa shape index (κ3) is 3.48. The zero-order valence-electron chi connectivity index (χ0n) is 17.5. The summed E-state index contributed by atoms with van der Waals surface area (Å²) in [6.07, 6.45) is 4.69. The third-order valence-corrected chi connectivity index (χ3v) is 6.83. The van der Waals surface area contributed by atoms with Crippen LogP contribution in [-0.4, -0.2) is 35.8 Å². The minimum atomic E-state index is -0.362. The first kappa shape index (κ1) is 19.8. The highest BCUT2D eigenvalue weighted by atomic mass is 35.5. The molecule has 0 radical (unpaired) electrons. The first-order chi connectivity index (χ1) is 15.7. The summed E-state index contributed by atoms with van der Waals surface area (Å²) in [6.45, 7) is 2.10. The van der Waals surface area contributed by atoms with Gasteiger partial charge in [0.15, 0.2) is 11.5 Å². The standard InChI is InChI=1S/C25H23ClFN3O2/c26-19-10-23-18(9-20(19)27)17-8-14(3-4-22(17)30-23)11-28-12-15-13-31-24-6-5-21-16(25(24)32-15)2-1-7-29-21/h1-2,5-7,9-10,14-15,28,30H,3-4,8,11-13H2/t14-,15+/m1/s1. The molecule has 32 heavy (non-hydrogen) atoms. The van der Waals surface area contributed by atoms with Gasteiger partial charge in [-0.2, -0.15) is 0 Å². The van der Waals surface area contributed by atoms with Gasteiger partial charge >= 0.3 is 0 Å². The van der Waals surface area contributed by atoms with Crippen LogP contribution in [0.5, 0.6) is 11.5 Å². The Hall–Kier alpha value is -2.83. The second-order valence-corrected chi connectivity index (χ2v) is 9.08. The molecule has 0 bridgehead atoms. The number of aromatic amines is 1. The summed E-state index contributed by atoms with van der Waals surface area (Å²) in [5.41, 5.74) is 4.25. The van der Waals surface area contributed by atoms with E-state index in [1.165, 1.54) is 11.3 Å². The Balaban J connectivity index is 1.11. The molecule has 164 valence electrons. The second-order valence-electron chi connectivity index (χ2n) is 8.67. The van der Waals surface area contributed by atoms with Gasteiger partial charge in [0.1, 0.15) is 18.5 Å². The van der Waals surface area contributed by atoms with E-state index >= 15 is 0 Å². The van der Waals surface area contributed by atoms with Crippen molar-refractivity contribution in [3.8, 4) is 11.5 Å². The molecule has 1 aliphatic heterocycles. The number of pyridine rings is 1. The molecule has 2 aliphatic rings. The molecule has 2 N–H and O–H groups in total. The van der Waals surface area contributed by atoms with Gasteiger partial charge in [0.2, 0.25) is 0 Å². The van der Waals surface area contributed by atoms with Crippen molar-refractivity contribution in [1.29, 1.82) is 0 Å². The van der Waals surface area contributed by atoms with E-state index < -0.39 is 0 Å². The van der Waals surface area contributed by atoms with E-state index in [1.54, 1.807) is 18.3 Å². The van der Waals surface area contributed by atoms with Crippen molar-refractivity contribution < 1.29 is 13.9 Å². The van der Waals surface area contributed by atoms with Gasteiger partial charge in [0, 0.05) is 34.7 Å². The minimum Gasteiger partial charge on any atom is -0.486 e. The third-order valence-electron chi connectivity index (χ3n) is 6.54. The van der Waals surface area contributed by atoms with Gasteiger partial charge in [0.05, 0.1) is 10.5 Å². The zero-order chi connectivity index (χ0) is 21.7. The van der Waals surface area contributed by atoms with Crippen molar-refractivity contribution in [2.45, 2.75) is 25.4 Å². The minimum absolute atomic E-state index is 0.0585. The van der Waals surface area contributed by atoms with Crippen molar-refractivity contribution in [1.82, 2.24) is 15.3 Å². The number of hydrogen-bond donors (Lipinski definition) is 2. The molecular formula is C25H23ClFN3O2. The van der Waals surface area contributed by atoms with E-state index in [0.29, 0.717) is 19.1 Å². The first-order valence-electron chi connectivity index (χ1n) is 11.0. The maximum absolute atomic E-state index is 14.0. The van der Waals surface area contributed by atoms with Gasteiger partial charge in [-0.05, 0) is 73.7 Å². The molecule has 2 atom stereocenters. The molecule has 3 heterocycles. The highest BCUT2D eigenvalue weighted by Gasteiger charge is 2.26. The van der Waals surface area contributed by atoms with Crippen molar-refractivity contribution >= 4 is 33.4 Å². The molecule has 6 rings (SSSR count). The maximum Gasteiger partial charge on any atom is 0.171 e. The number of benzene rings is 2. The van der Waals surface area contributed by atoms with Crippen LogP contribution in [-0.2, 0) is 12.8 Å². The first-order valence-corrected chi connectivity index (χ1v) is 11.4. The van der Waals surface area contributed by atoms with E-state index in [0.717, 1.165) is 59.1 Å². The fourth-order valence-corrected chi connectivity index (χ4v) is 5.10. The lowest BCUT2D eigenvalue weighted by Gasteiger charge is -2.29. The zero-order valence-corrected chi connectivity index (χ0v) is 18.2. The Morgan fingerprint density at radius 1 is 1.19 bits per heavy atom. The van der Waals surface area contributed by atoms with E-state index in [9.17, 15) is 4.39 Å². The molecule has 0 unspecified atom stereocenters. The molecule has 1 aliphatic carbocycles.